The minimum atomic E-state index is -0.380. The maximum absolute atomic E-state index is 13.1. The van der Waals surface area contributed by atoms with Crippen molar-refractivity contribution >= 4 is 5.97 Å². The van der Waals surface area contributed by atoms with Gasteiger partial charge in [-0.3, -0.25) is 0 Å². The lowest BCUT2D eigenvalue weighted by Gasteiger charge is -2.14. The van der Waals surface area contributed by atoms with Gasteiger partial charge in [-0.2, -0.15) is 0 Å². The number of carbonyl (C=O) groups is 1. The van der Waals surface area contributed by atoms with Crippen LogP contribution in [0, 0.1) is 0 Å². The fourth-order valence-corrected chi connectivity index (χ4v) is 7.87. The van der Waals surface area contributed by atoms with Crippen LogP contribution in [-0.4, -0.2) is 19.2 Å². The van der Waals surface area contributed by atoms with E-state index in [1.807, 2.05) is 42.5 Å². The van der Waals surface area contributed by atoms with Gasteiger partial charge in [0.15, 0.2) is 11.5 Å². The van der Waals surface area contributed by atoms with E-state index >= 15 is 0 Å². The molecule has 0 spiro atoms. The molecule has 3 rings (SSSR count). The number of rotatable bonds is 37. The quantitative estimate of drug-likeness (QED) is 0.0331. The van der Waals surface area contributed by atoms with Crippen molar-refractivity contribution in [2.75, 3.05) is 13.2 Å². The molecule has 1 unspecified atom stereocenters. The van der Waals surface area contributed by atoms with Crippen LogP contribution in [0.4, 0.5) is 0 Å². The zero-order chi connectivity index (χ0) is 41.1. The number of carbonyl (C=O) groups excluding carboxylic acids is 1. The standard InChI is InChI=1S/C54H84O4/c1-4-6-8-10-12-14-16-18-19-20-22-23-25-27-29-33-45-56-47(3)48-37-39-49(40-38-48)50-41-43-51(44-42-50)54(55)58-53-36-32-31-35-52(53)57-46-34-30-28-26-24-21-17-15-13-11-9-7-5-2/h31-32,35-44,47H,4-30,33-34,45-46H2,1-3H3. The van der Waals surface area contributed by atoms with Gasteiger partial charge in [0.25, 0.3) is 0 Å². The van der Waals surface area contributed by atoms with Crippen molar-refractivity contribution in [2.45, 2.75) is 213 Å². The molecule has 0 amide bonds. The van der Waals surface area contributed by atoms with Gasteiger partial charge in [0, 0.05) is 6.61 Å². The summed E-state index contributed by atoms with van der Waals surface area (Å²) in [7, 11) is 0. The maximum atomic E-state index is 13.1. The number of para-hydroxylation sites is 2. The van der Waals surface area contributed by atoms with Crippen molar-refractivity contribution in [1.29, 1.82) is 0 Å². The second-order valence-corrected chi connectivity index (χ2v) is 16.9. The van der Waals surface area contributed by atoms with Crippen molar-refractivity contribution in [3.63, 3.8) is 0 Å². The lowest BCUT2D eigenvalue weighted by molar-refractivity contribution is 0.0627. The van der Waals surface area contributed by atoms with E-state index < -0.39 is 0 Å². The summed E-state index contributed by atoms with van der Waals surface area (Å²) in [5.41, 5.74) is 3.88. The first-order valence-electron chi connectivity index (χ1n) is 24.4. The molecule has 0 saturated carbocycles. The van der Waals surface area contributed by atoms with E-state index in [0.29, 0.717) is 23.7 Å². The van der Waals surface area contributed by atoms with Gasteiger partial charge in [-0.1, -0.05) is 236 Å². The SMILES string of the molecule is CCCCCCCCCCCCCCCCCCOC(C)c1ccc(-c2ccc(C(=O)Oc3ccccc3OCCCCCCCCCCCCCCC)cc2)cc1. The Morgan fingerprint density at radius 3 is 1.22 bits per heavy atom. The highest BCUT2D eigenvalue weighted by atomic mass is 16.6. The monoisotopic (exact) mass is 797 g/mol. The lowest BCUT2D eigenvalue weighted by Crippen LogP contribution is -2.10. The number of hydrogen-bond acceptors (Lipinski definition) is 4. The molecular formula is C54H84O4. The number of ether oxygens (including phenoxy) is 3. The average molecular weight is 797 g/mol. The van der Waals surface area contributed by atoms with Crippen molar-refractivity contribution in [3.05, 3.63) is 83.9 Å². The number of esters is 1. The van der Waals surface area contributed by atoms with Gasteiger partial charge in [-0.25, -0.2) is 4.79 Å². The topological polar surface area (TPSA) is 44.8 Å². The molecule has 3 aromatic rings. The van der Waals surface area contributed by atoms with Crippen LogP contribution < -0.4 is 9.47 Å². The Bertz CT molecular complexity index is 1400. The Balaban J connectivity index is 1.24. The smallest absolute Gasteiger partial charge is 0.343 e. The minimum absolute atomic E-state index is 0.0729. The first-order valence-corrected chi connectivity index (χ1v) is 24.4. The van der Waals surface area contributed by atoms with E-state index in [1.165, 1.54) is 179 Å². The molecule has 0 aromatic heterocycles. The second kappa shape index (κ2) is 33.7. The Labute approximate surface area is 356 Å². The van der Waals surface area contributed by atoms with Crippen LogP contribution in [0.15, 0.2) is 72.8 Å². The van der Waals surface area contributed by atoms with E-state index in [4.69, 9.17) is 14.2 Å². The molecule has 0 saturated heterocycles. The minimum Gasteiger partial charge on any atom is -0.490 e. The van der Waals surface area contributed by atoms with Gasteiger partial charge in [0.1, 0.15) is 0 Å². The third-order valence-corrected chi connectivity index (χ3v) is 11.8. The number of benzene rings is 3. The van der Waals surface area contributed by atoms with Gasteiger partial charge in [-0.15, -0.1) is 0 Å². The molecule has 58 heavy (non-hydrogen) atoms. The summed E-state index contributed by atoms with van der Waals surface area (Å²) in [5, 5.41) is 0. The van der Waals surface area contributed by atoms with Gasteiger partial charge in [0.05, 0.1) is 18.3 Å². The molecule has 0 aliphatic rings. The van der Waals surface area contributed by atoms with Crippen LogP contribution in [0.1, 0.15) is 229 Å². The largest absolute Gasteiger partial charge is 0.490 e. The fraction of sp³-hybridized carbons (Fsp3) is 0.648. The molecule has 0 radical (unpaired) electrons. The predicted octanol–water partition coefficient (Wildman–Crippen LogP) is 17.4. The van der Waals surface area contributed by atoms with E-state index in [0.717, 1.165) is 30.6 Å². The number of hydrogen-bond donors (Lipinski definition) is 0. The van der Waals surface area contributed by atoms with Gasteiger partial charge >= 0.3 is 5.97 Å². The highest BCUT2D eigenvalue weighted by Gasteiger charge is 2.13. The lowest BCUT2D eigenvalue weighted by atomic mass is 10.0. The summed E-state index contributed by atoms with van der Waals surface area (Å²) in [4.78, 5) is 13.1. The second-order valence-electron chi connectivity index (χ2n) is 16.9. The molecule has 3 aromatic carbocycles. The Morgan fingerprint density at radius 2 is 0.793 bits per heavy atom. The summed E-state index contributed by atoms with van der Waals surface area (Å²) in [5.74, 6) is 0.706. The summed E-state index contributed by atoms with van der Waals surface area (Å²) < 4.78 is 18.1. The normalized spacial score (nSPS) is 11.8. The summed E-state index contributed by atoms with van der Waals surface area (Å²) in [6.07, 6.45) is 39.4. The third-order valence-electron chi connectivity index (χ3n) is 11.8. The van der Waals surface area contributed by atoms with Crippen molar-refractivity contribution in [1.82, 2.24) is 0 Å². The van der Waals surface area contributed by atoms with Crippen LogP contribution in [0.5, 0.6) is 11.5 Å². The molecule has 324 valence electrons. The highest BCUT2D eigenvalue weighted by Crippen LogP contribution is 2.29. The summed E-state index contributed by atoms with van der Waals surface area (Å²) in [6, 6.07) is 23.7. The zero-order valence-corrected chi connectivity index (χ0v) is 37.6. The van der Waals surface area contributed by atoms with Crippen molar-refractivity contribution in [3.8, 4) is 22.6 Å². The molecule has 0 bridgehead atoms. The summed E-state index contributed by atoms with van der Waals surface area (Å²) >= 11 is 0. The fourth-order valence-electron chi connectivity index (χ4n) is 7.87. The van der Waals surface area contributed by atoms with Crippen LogP contribution in [0.2, 0.25) is 0 Å². The Morgan fingerprint density at radius 1 is 0.431 bits per heavy atom. The molecule has 0 aliphatic heterocycles. The molecule has 0 fully saturated rings. The Hall–Kier alpha value is -3.11. The van der Waals surface area contributed by atoms with Crippen LogP contribution >= 0.6 is 0 Å². The third kappa shape index (κ3) is 22.9. The molecular weight excluding hydrogens is 713 g/mol. The van der Waals surface area contributed by atoms with E-state index in [9.17, 15) is 4.79 Å². The van der Waals surface area contributed by atoms with Gasteiger partial charge in [0.2, 0.25) is 0 Å². The van der Waals surface area contributed by atoms with E-state index in [2.05, 4.69) is 45.0 Å². The van der Waals surface area contributed by atoms with Crippen LogP contribution in [0.25, 0.3) is 11.1 Å². The molecule has 0 heterocycles. The van der Waals surface area contributed by atoms with E-state index in [1.54, 1.807) is 6.07 Å². The number of unbranched alkanes of at least 4 members (excludes halogenated alkanes) is 27. The van der Waals surface area contributed by atoms with E-state index in [-0.39, 0.29) is 12.1 Å². The highest BCUT2D eigenvalue weighted by molar-refractivity contribution is 5.92. The van der Waals surface area contributed by atoms with Gasteiger partial charge in [-0.05, 0) is 60.7 Å². The van der Waals surface area contributed by atoms with Crippen LogP contribution in [-0.2, 0) is 4.74 Å². The molecule has 4 nitrogen and oxygen atoms in total. The summed E-state index contributed by atoms with van der Waals surface area (Å²) in [6.45, 7) is 8.16. The Kier molecular flexibility index (Phi) is 28.6. The molecule has 4 heteroatoms. The predicted molar refractivity (Wildman–Crippen MR) is 248 cm³/mol. The van der Waals surface area contributed by atoms with Crippen molar-refractivity contribution < 1.29 is 19.0 Å². The average Bonchev–Trinajstić information content (AvgIpc) is 3.25. The maximum Gasteiger partial charge on any atom is 0.343 e. The first-order chi connectivity index (χ1) is 28.6. The van der Waals surface area contributed by atoms with Crippen molar-refractivity contribution in [2.24, 2.45) is 0 Å². The first kappa shape index (κ1) is 49.3. The molecule has 0 aliphatic carbocycles. The molecule has 1 atom stereocenters. The van der Waals surface area contributed by atoms with Gasteiger partial charge < -0.3 is 14.2 Å². The molecule has 0 N–H and O–H groups in total. The zero-order valence-electron chi connectivity index (χ0n) is 37.6. The van der Waals surface area contributed by atoms with Crippen LogP contribution in [0.3, 0.4) is 0 Å².